The van der Waals surface area contributed by atoms with E-state index < -0.39 is 0 Å². The highest BCUT2D eigenvalue weighted by Crippen LogP contribution is 2.12. The van der Waals surface area contributed by atoms with E-state index in [4.69, 9.17) is 0 Å². The van der Waals surface area contributed by atoms with Crippen LogP contribution in [-0.4, -0.2) is 4.98 Å². The van der Waals surface area contributed by atoms with Crippen molar-refractivity contribution in [2.45, 2.75) is 0 Å². The first kappa shape index (κ1) is 9.78. The topological polar surface area (TPSA) is 49.9 Å². The molecule has 1 heterocycles. The zero-order valence-electron chi connectivity index (χ0n) is 8.94. The largest absolute Gasteiger partial charge is 0.319 e. The molecule has 0 spiro atoms. The molecule has 82 valence electrons. The van der Waals surface area contributed by atoms with Crippen LogP contribution in [-0.2, 0) is 0 Å². The fourth-order valence-corrected chi connectivity index (χ4v) is 1.98. The molecule has 0 amide bonds. The second-order valence-electron chi connectivity index (χ2n) is 3.90. The molecule has 0 fully saturated rings. The summed E-state index contributed by atoms with van der Waals surface area (Å²) in [6.07, 6.45) is 0. The molecule has 1 N–H and O–H groups in total. The van der Waals surface area contributed by atoms with Gasteiger partial charge in [0.25, 0.3) is 0 Å². The van der Waals surface area contributed by atoms with Crippen LogP contribution in [0, 0.1) is 0 Å². The van der Waals surface area contributed by atoms with E-state index in [9.17, 15) is 9.59 Å². The number of nitrogens with one attached hydrogen (secondary N) is 1. The maximum Gasteiger partial charge on any atom is 0.248 e. The lowest BCUT2D eigenvalue weighted by Gasteiger charge is -1.90. The smallest absolute Gasteiger partial charge is 0.248 e. The van der Waals surface area contributed by atoms with Gasteiger partial charge in [-0.2, -0.15) is 0 Å². The van der Waals surface area contributed by atoms with Gasteiger partial charge in [0.15, 0.2) is 0 Å². The van der Waals surface area contributed by atoms with Crippen LogP contribution in [0.25, 0.3) is 21.7 Å². The first-order chi connectivity index (χ1) is 8.25. The summed E-state index contributed by atoms with van der Waals surface area (Å²) in [6.45, 7) is 0. The Morgan fingerprint density at radius 3 is 2.35 bits per heavy atom. The lowest BCUT2D eigenvalue weighted by molar-refractivity contribution is 1.30. The van der Waals surface area contributed by atoms with Crippen molar-refractivity contribution in [1.29, 1.82) is 0 Å². The number of aromatic amines is 1. The molecular weight excluding hydrogens is 214 g/mol. The first-order valence-electron chi connectivity index (χ1n) is 5.31. The van der Waals surface area contributed by atoms with Gasteiger partial charge >= 0.3 is 0 Å². The Bertz CT molecular complexity index is 834. The highest BCUT2D eigenvalue weighted by molar-refractivity contribution is 5.91. The number of aromatic nitrogens is 1. The lowest BCUT2D eigenvalue weighted by atomic mass is 10.2. The zero-order chi connectivity index (χ0) is 11.8. The van der Waals surface area contributed by atoms with E-state index in [2.05, 4.69) is 4.98 Å². The van der Waals surface area contributed by atoms with E-state index in [-0.39, 0.29) is 11.0 Å². The number of H-pyrrole nitrogens is 1. The minimum atomic E-state index is -0.259. The third-order valence-corrected chi connectivity index (χ3v) is 2.83. The maximum atomic E-state index is 12.3. The maximum absolute atomic E-state index is 12.3. The van der Waals surface area contributed by atoms with Crippen LogP contribution in [0.4, 0.5) is 0 Å². The van der Waals surface area contributed by atoms with Crippen molar-refractivity contribution < 1.29 is 0 Å². The quantitative estimate of drug-likeness (QED) is 0.634. The van der Waals surface area contributed by atoms with Crippen LogP contribution in [0.15, 0.2) is 58.1 Å². The van der Waals surface area contributed by atoms with Gasteiger partial charge < -0.3 is 4.98 Å². The normalized spacial score (nSPS) is 10.8. The fourth-order valence-electron chi connectivity index (χ4n) is 1.98. The van der Waals surface area contributed by atoms with E-state index in [0.717, 1.165) is 10.8 Å². The summed E-state index contributed by atoms with van der Waals surface area (Å²) >= 11 is 0. The number of fused-ring (bicyclic) bond motifs is 2. The van der Waals surface area contributed by atoms with E-state index in [1.54, 1.807) is 12.1 Å². The minimum Gasteiger partial charge on any atom is -0.319 e. The van der Waals surface area contributed by atoms with Gasteiger partial charge in [0.1, 0.15) is 0 Å². The van der Waals surface area contributed by atoms with Crippen LogP contribution in [0.1, 0.15) is 0 Å². The van der Waals surface area contributed by atoms with Crippen molar-refractivity contribution >= 4 is 21.7 Å². The van der Waals surface area contributed by atoms with Gasteiger partial charge in [0, 0.05) is 16.8 Å². The van der Waals surface area contributed by atoms with Gasteiger partial charge in [0.2, 0.25) is 11.0 Å². The Balaban J connectivity index is 2.70. The third kappa shape index (κ3) is 1.52. The molecule has 3 rings (SSSR count). The van der Waals surface area contributed by atoms with Gasteiger partial charge in [0.05, 0.1) is 5.52 Å². The molecule has 17 heavy (non-hydrogen) atoms. The second kappa shape index (κ2) is 3.56. The van der Waals surface area contributed by atoms with Crippen LogP contribution in [0.3, 0.4) is 0 Å². The molecule has 0 saturated heterocycles. The third-order valence-electron chi connectivity index (χ3n) is 2.83. The van der Waals surface area contributed by atoms with Crippen molar-refractivity contribution in [1.82, 2.24) is 4.98 Å². The molecule has 2 aromatic carbocycles. The predicted molar refractivity (Wildman–Crippen MR) is 68.3 cm³/mol. The SMILES string of the molecule is O=c1ccc2ccc3ccccc3c(=O)c2[nH]1. The molecule has 0 aliphatic heterocycles. The van der Waals surface area contributed by atoms with E-state index in [1.165, 1.54) is 6.07 Å². The lowest BCUT2D eigenvalue weighted by Crippen LogP contribution is -2.09. The first-order valence-corrected chi connectivity index (χ1v) is 5.31. The van der Waals surface area contributed by atoms with Crippen molar-refractivity contribution in [2.75, 3.05) is 0 Å². The number of hydrogen-bond donors (Lipinski definition) is 1. The number of rotatable bonds is 0. The average molecular weight is 223 g/mol. The molecule has 0 saturated carbocycles. The number of pyridine rings is 1. The van der Waals surface area contributed by atoms with Gasteiger partial charge in [-0.3, -0.25) is 9.59 Å². The summed E-state index contributed by atoms with van der Waals surface area (Å²) in [7, 11) is 0. The molecule has 0 atom stereocenters. The highest BCUT2D eigenvalue weighted by Gasteiger charge is 2.01. The summed E-state index contributed by atoms with van der Waals surface area (Å²) < 4.78 is 0. The van der Waals surface area contributed by atoms with Gasteiger partial charge in [-0.25, -0.2) is 0 Å². The molecular formula is C14H9NO2. The van der Waals surface area contributed by atoms with E-state index in [0.29, 0.717) is 10.9 Å². The molecule has 0 aliphatic rings. The van der Waals surface area contributed by atoms with Crippen LogP contribution < -0.4 is 11.0 Å². The van der Waals surface area contributed by atoms with Crippen LogP contribution in [0.2, 0.25) is 0 Å². The van der Waals surface area contributed by atoms with Crippen LogP contribution in [0.5, 0.6) is 0 Å². The molecule has 3 aromatic rings. The number of hydrogen-bond acceptors (Lipinski definition) is 2. The second-order valence-corrected chi connectivity index (χ2v) is 3.90. The summed E-state index contributed by atoms with van der Waals surface area (Å²) in [5.74, 6) is 0. The zero-order valence-corrected chi connectivity index (χ0v) is 8.94. The van der Waals surface area contributed by atoms with Gasteiger partial charge in [-0.1, -0.05) is 36.4 Å². The average Bonchev–Trinajstić information content (AvgIpc) is 2.49. The molecule has 3 nitrogen and oxygen atoms in total. The molecule has 3 heteroatoms. The van der Waals surface area contributed by atoms with Crippen molar-refractivity contribution in [3.05, 3.63) is 69.1 Å². The van der Waals surface area contributed by atoms with Crippen molar-refractivity contribution in [2.24, 2.45) is 0 Å². The highest BCUT2D eigenvalue weighted by atomic mass is 16.1. The minimum absolute atomic E-state index is 0.140. The Morgan fingerprint density at radius 2 is 1.47 bits per heavy atom. The standard InChI is InChI=1S/C14H9NO2/c16-12-8-7-10-6-5-9-3-1-2-4-11(9)14(17)13(10)15-12/h1-8H,(H,15,16). The Kier molecular flexibility index (Phi) is 2.05. The monoisotopic (exact) mass is 223 g/mol. The van der Waals surface area contributed by atoms with Crippen LogP contribution >= 0.6 is 0 Å². The Morgan fingerprint density at radius 1 is 0.765 bits per heavy atom. The summed E-state index contributed by atoms with van der Waals surface area (Å²) in [5, 5.41) is 2.23. The molecule has 0 radical (unpaired) electrons. The van der Waals surface area contributed by atoms with Gasteiger partial charge in [-0.05, 0) is 11.5 Å². The summed E-state index contributed by atoms with van der Waals surface area (Å²) in [6, 6.07) is 14.2. The fraction of sp³-hybridized carbons (Fsp3) is 0. The van der Waals surface area contributed by atoms with E-state index >= 15 is 0 Å². The molecule has 0 aliphatic carbocycles. The van der Waals surface area contributed by atoms with E-state index in [1.807, 2.05) is 30.3 Å². The Labute approximate surface area is 96.3 Å². The Hall–Kier alpha value is -2.42. The summed E-state index contributed by atoms with van der Waals surface area (Å²) in [5.41, 5.74) is -0.0399. The predicted octanol–water partition coefficient (Wildman–Crippen LogP) is 2.04. The van der Waals surface area contributed by atoms with Crippen molar-refractivity contribution in [3.8, 4) is 0 Å². The summed E-state index contributed by atoms with van der Waals surface area (Å²) in [4.78, 5) is 26.2. The molecule has 0 unspecified atom stereocenters. The molecule has 1 aromatic heterocycles. The number of benzene rings is 1. The van der Waals surface area contributed by atoms with Gasteiger partial charge in [-0.15, -0.1) is 0 Å². The molecule has 0 bridgehead atoms. The van der Waals surface area contributed by atoms with Crippen molar-refractivity contribution in [3.63, 3.8) is 0 Å².